The predicted molar refractivity (Wildman–Crippen MR) is 51.7 cm³/mol. The van der Waals surface area contributed by atoms with Crippen LogP contribution in [0.1, 0.15) is 18.1 Å². The molecule has 0 aliphatic carbocycles. The summed E-state index contributed by atoms with van der Waals surface area (Å²) < 4.78 is 10.5. The Balaban J connectivity index is 2.70. The van der Waals surface area contributed by atoms with Crippen molar-refractivity contribution >= 4 is 11.6 Å². The third kappa shape index (κ3) is 1.19. The predicted octanol–water partition coefficient (Wildman–Crippen LogP) is 2.50. The lowest BCUT2D eigenvalue weighted by Gasteiger charge is -2.06. The van der Waals surface area contributed by atoms with Gasteiger partial charge in [-0.05, 0) is 6.42 Å². The van der Waals surface area contributed by atoms with Crippen LogP contribution < -0.4 is 9.47 Å². The lowest BCUT2D eigenvalue weighted by Crippen LogP contribution is -1.95. The Morgan fingerprint density at radius 3 is 3.00 bits per heavy atom. The fraction of sp³-hybridized carbons (Fsp3) is 0.300. The van der Waals surface area contributed by atoms with Crippen molar-refractivity contribution in [2.75, 3.05) is 6.79 Å². The maximum absolute atomic E-state index is 8.93. The van der Waals surface area contributed by atoms with Crippen LogP contribution in [-0.4, -0.2) is 6.79 Å². The van der Waals surface area contributed by atoms with E-state index in [4.69, 9.17) is 26.3 Å². The molecular weight excluding hydrogens is 202 g/mol. The zero-order chi connectivity index (χ0) is 10.1. The Morgan fingerprint density at radius 2 is 2.36 bits per heavy atom. The van der Waals surface area contributed by atoms with Gasteiger partial charge in [0.1, 0.15) is 6.07 Å². The SMILES string of the molecule is CCc1c(C#N)c(Cl)cc2c1OCO2. The molecule has 0 bridgehead atoms. The molecule has 0 unspecified atom stereocenters. The molecule has 1 aliphatic rings. The minimum Gasteiger partial charge on any atom is -0.454 e. The van der Waals surface area contributed by atoms with E-state index in [9.17, 15) is 0 Å². The van der Waals surface area contributed by atoms with Crippen LogP contribution in [0.25, 0.3) is 0 Å². The fourth-order valence-electron chi connectivity index (χ4n) is 1.53. The first kappa shape index (κ1) is 9.17. The highest BCUT2D eigenvalue weighted by atomic mass is 35.5. The molecular formula is C10H8ClNO2. The molecule has 1 aromatic rings. The van der Waals surface area contributed by atoms with Crippen molar-refractivity contribution in [2.45, 2.75) is 13.3 Å². The maximum atomic E-state index is 8.93. The maximum Gasteiger partial charge on any atom is 0.231 e. The van der Waals surface area contributed by atoms with Crippen LogP contribution >= 0.6 is 11.6 Å². The fourth-order valence-corrected chi connectivity index (χ4v) is 1.79. The summed E-state index contributed by atoms with van der Waals surface area (Å²) >= 11 is 5.93. The number of nitrogens with zero attached hydrogens (tertiary/aromatic N) is 1. The first-order chi connectivity index (χ1) is 6.77. The van der Waals surface area contributed by atoms with E-state index in [1.807, 2.05) is 6.92 Å². The average Bonchev–Trinajstić information content (AvgIpc) is 2.62. The van der Waals surface area contributed by atoms with Crippen molar-refractivity contribution in [2.24, 2.45) is 0 Å². The molecule has 1 aromatic carbocycles. The zero-order valence-corrected chi connectivity index (χ0v) is 8.39. The average molecular weight is 210 g/mol. The van der Waals surface area contributed by atoms with Crippen LogP contribution in [0.15, 0.2) is 6.07 Å². The van der Waals surface area contributed by atoms with Gasteiger partial charge in [0, 0.05) is 11.6 Å². The van der Waals surface area contributed by atoms with E-state index in [1.54, 1.807) is 6.07 Å². The second-order valence-corrected chi connectivity index (χ2v) is 3.32. The van der Waals surface area contributed by atoms with Crippen LogP contribution in [0.3, 0.4) is 0 Å². The molecule has 2 rings (SSSR count). The minimum absolute atomic E-state index is 0.202. The van der Waals surface area contributed by atoms with Crippen LogP contribution in [-0.2, 0) is 6.42 Å². The number of halogens is 1. The van der Waals surface area contributed by atoms with Gasteiger partial charge in [0.15, 0.2) is 11.5 Å². The smallest absolute Gasteiger partial charge is 0.231 e. The van der Waals surface area contributed by atoms with E-state index in [2.05, 4.69) is 6.07 Å². The van der Waals surface area contributed by atoms with Crippen molar-refractivity contribution in [3.63, 3.8) is 0 Å². The highest BCUT2D eigenvalue weighted by molar-refractivity contribution is 6.32. The van der Waals surface area contributed by atoms with Crippen molar-refractivity contribution in [3.05, 3.63) is 22.2 Å². The summed E-state index contributed by atoms with van der Waals surface area (Å²) in [6, 6.07) is 3.70. The van der Waals surface area contributed by atoms with Crippen LogP contribution in [0.4, 0.5) is 0 Å². The Bertz CT molecular complexity index is 422. The first-order valence-corrected chi connectivity index (χ1v) is 4.66. The quantitative estimate of drug-likeness (QED) is 0.714. The summed E-state index contributed by atoms with van der Waals surface area (Å²) in [6.07, 6.45) is 0.704. The van der Waals surface area contributed by atoms with Gasteiger partial charge in [0.05, 0.1) is 10.6 Å². The third-order valence-electron chi connectivity index (χ3n) is 2.18. The molecule has 0 amide bonds. The molecule has 0 fully saturated rings. The summed E-state index contributed by atoms with van der Waals surface area (Å²) in [6.45, 7) is 2.15. The molecule has 0 saturated heterocycles. The van der Waals surface area contributed by atoms with Crippen molar-refractivity contribution in [1.29, 1.82) is 5.26 Å². The second kappa shape index (κ2) is 3.39. The summed E-state index contributed by atoms with van der Waals surface area (Å²) in [4.78, 5) is 0. The number of rotatable bonds is 1. The van der Waals surface area contributed by atoms with E-state index in [-0.39, 0.29) is 6.79 Å². The summed E-state index contributed by atoms with van der Waals surface area (Å²) in [7, 11) is 0. The van der Waals surface area contributed by atoms with Crippen LogP contribution in [0, 0.1) is 11.3 Å². The molecule has 0 spiro atoms. The first-order valence-electron chi connectivity index (χ1n) is 4.29. The molecule has 14 heavy (non-hydrogen) atoms. The standard InChI is InChI=1S/C10H8ClNO2/c1-2-6-7(4-12)8(11)3-9-10(6)14-5-13-9/h3H,2,5H2,1H3. The Kier molecular flexibility index (Phi) is 2.22. The Morgan fingerprint density at radius 1 is 1.57 bits per heavy atom. The summed E-state index contributed by atoms with van der Waals surface area (Å²) in [5, 5.41) is 9.36. The molecule has 0 atom stereocenters. The summed E-state index contributed by atoms with van der Waals surface area (Å²) in [5.74, 6) is 1.29. The van der Waals surface area contributed by atoms with Crippen LogP contribution in [0.2, 0.25) is 5.02 Å². The van der Waals surface area contributed by atoms with Crippen molar-refractivity contribution < 1.29 is 9.47 Å². The van der Waals surface area contributed by atoms with Gasteiger partial charge in [0.25, 0.3) is 0 Å². The normalized spacial score (nSPS) is 12.6. The van der Waals surface area contributed by atoms with Crippen molar-refractivity contribution in [1.82, 2.24) is 0 Å². The molecule has 0 N–H and O–H groups in total. The molecule has 4 heteroatoms. The van der Waals surface area contributed by atoms with E-state index in [1.165, 1.54) is 0 Å². The number of hydrogen-bond acceptors (Lipinski definition) is 3. The Hall–Kier alpha value is -1.40. The molecule has 1 aliphatic heterocycles. The van der Waals surface area contributed by atoms with Gasteiger partial charge in [-0.1, -0.05) is 18.5 Å². The van der Waals surface area contributed by atoms with Gasteiger partial charge in [-0.3, -0.25) is 0 Å². The van der Waals surface area contributed by atoms with E-state index in [0.717, 1.165) is 5.56 Å². The monoisotopic (exact) mass is 209 g/mol. The highest BCUT2D eigenvalue weighted by Crippen LogP contribution is 2.41. The molecule has 0 aromatic heterocycles. The van der Waals surface area contributed by atoms with Gasteiger partial charge in [-0.2, -0.15) is 5.26 Å². The number of ether oxygens (including phenoxy) is 2. The molecule has 0 radical (unpaired) electrons. The lowest BCUT2D eigenvalue weighted by molar-refractivity contribution is 0.173. The highest BCUT2D eigenvalue weighted by Gasteiger charge is 2.22. The lowest BCUT2D eigenvalue weighted by atomic mass is 10.0. The molecule has 72 valence electrons. The third-order valence-corrected chi connectivity index (χ3v) is 2.48. The largest absolute Gasteiger partial charge is 0.454 e. The van der Waals surface area contributed by atoms with Gasteiger partial charge < -0.3 is 9.47 Å². The van der Waals surface area contributed by atoms with Crippen LogP contribution in [0.5, 0.6) is 11.5 Å². The van der Waals surface area contributed by atoms with E-state index in [0.29, 0.717) is 28.5 Å². The molecule has 3 nitrogen and oxygen atoms in total. The Labute approximate surface area is 86.8 Å². The summed E-state index contributed by atoms with van der Waals surface area (Å²) in [5.41, 5.74) is 1.31. The number of fused-ring (bicyclic) bond motifs is 1. The number of benzene rings is 1. The molecule has 0 saturated carbocycles. The topological polar surface area (TPSA) is 42.2 Å². The van der Waals surface area contributed by atoms with Gasteiger partial charge in [0.2, 0.25) is 6.79 Å². The second-order valence-electron chi connectivity index (χ2n) is 2.91. The van der Waals surface area contributed by atoms with E-state index >= 15 is 0 Å². The molecule has 1 heterocycles. The van der Waals surface area contributed by atoms with Gasteiger partial charge in [-0.25, -0.2) is 0 Å². The number of hydrogen-bond donors (Lipinski definition) is 0. The number of nitriles is 1. The minimum atomic E-state index is 0.202. The van der Waals surface area contributed by atoms with Crippen molar-refractivity contribution in [3.8, 4) is 17.6 Å². The van der Waals surface area contributed by atoms with E-state index < -0.39 is 0 Å². The van der Waals surface area contributed by atoms with Gasteiger partial charge in [-0.15, -0.1) is 0 Å². The zero-order valence-electron chi connectivity index (χ0n) is 7.63. The van der Waals surface area contributed by atoms with Gasteiger partial charge >= 0.3 is 0 Å².